The largest absolute Gasteiger partial charge is 0.416 e. The molecule has 10 heteroatoms. The van der Waals surface area contributed by atoms with E-state index in [4.69, 9.17) is 0 Å². The number of rotatable bonds is 2. The fourth-order valence-electron chi connectivity index (χ4n) is 4.01. The number of nitro groups is 1. The lowest BCUT2D eigenvalue weighted by Gasteiger charge is -2.15. The third kappa shape index (κ3) is 3.45. The van der Waals surface area contributed by atoms with Crippen LogP contribution in [0.4, 0.5) is 32.0 Å². The Hall–Kier alpha value is -3.56. The van der Waals surface area contributed by atoms with Crippen molar-refractivity contribution in [2.75, 3.05) is 0 Å². The van der Waals surface area contributed by atoms with Crippen LogP contribution < -0.4 is 0 Å². The predicted octanol–water partition coefficient (Wildman–Crippen LogP) is 7.35. The van der Waals surface area contributed by atoms with Gasteiger partial charge in [0.1, 0.15) is 0 Å². The number of aryl methyl sites for hydroxylation is 2. The number of benzene rings is 3. The van der Waals surface area contributed by atoms with Gasteiger partial charge in [-0.05, 0) is 61.4 Å². The van der Waals surface area contributed by atoms with Crippen LogP contribution >= 0.6 is 0 Å². The summed E-state index contributed by atoms with van der Waals surface area (Å²) >= 11 is 0. The van der Waals surface area contributed by atoms with Crippen LogP contribution in [0.3, 0.4) is 0 Å². The standard InChI is InChI=1S/C22H14F6N2O2/c1-11-7-15(30(31)32)8-12(2)20(11)29-18-5-3-13(21(23,24)25)9-16(18)17-10-14(22(26,27)28)4-6-19(17)29/h3-10H,1-2H3. The van der Waals surface area contributed by atoms with Crippen LogP contribution in [0.15, 0.2) is 48.5 Å². The average Bonchev–Trinajstić information content (AvgIpc) is 2.99. The van der Waals surface area contributed by atoms with Crippen molar-refractivity contribution >= 4 is 27.5 Å². The molecule has 0 radical (unpaired) electrons. The van der Waals surface area contributed by atoms with Crippen LogP contribution in [-0.4, -0.2) is 9.49 Å². The van der Waals surface area contributed by atoms with Gasteiger partial charge in [-0.2, -0.15) is 26.3 Å². The SMILES string of the molecule is Cc1cc([N+](=O)[O-])cc(C)c1-n1c2ccc(C(F)(F)F)cc2c2cc(C(F)(F)F)ccc21. The Morgan fingerprint density at radius 2 is 1.16 bits per heavy atom. The van der Waals surface area contributed by atoms with Gasteiger partial charge in [0.25, 0.3) is 5.69 Å². The predicted molar refractivity (Wildman–Crippen MR) is 107 cm³/mol. The van der Waals surface area contributed by atoms with Crippen LogP contribution in [-0.2, 0) is 12.4 Å². The minimum atomic E-state index is -4.68. The number of halogens is 6. The fraction of sp³-hybridized carbons (Fsp3) is 0.182. The number of fused-ring (bicyclic) bond motifs is 3. The molecule has 0 N–H and O–H groups in total. The van der Waals surface area contributed by atoms with Gasteiger partial charge in [0.2, 0.25) is 0 Å². The Bertz CT molecular complexity index is 1310. The number of aromatic nitrogens is 1. The maximum absolute atomic E-state index is 13.3. The molecule has 4 rings (SSSR count). The molecule has 4 aromatic rings. The molecule has 0 spiro atoms. The van der Waals surface area contributed by atoms with E-state index in [-0.39, 0.29) is 27.5 Å². The second kappa shape index (κ2) is 6.98. The molecular weight excluding hydrogens is 438 g/mol. The van der Waals surface area contributed by atoms with Gasteiger partial charge in [-0.25, -0.2) is 0 Å². The van der Waals surface area contributed by atoms with E-state index in [0.717, 1.165) is 24.3 Å². The van der Waals surface area contributed by atoms with Crippen molar-refractivity contribution in [2.24, 2.45) is 0 Å². The van der Waals surface area contributed by atoms with Crippen molar-refractivity contribution in [3.05, 3.63) is 80.9 Å². The Balaban J connectivity index is 2.15. The molecule has 1 aromatic heterocycles. The first-order valence-corrected chi connectivity index (χ1v) is 9.27. The van der Waals surface area contributed by atoms with Gasteiger partial charge in [-0.1, -0.05) is 0 Å². The van der Waals surface area contributed by atoms with Gasteiger partial charge in [0, 0.05) is 22.9 Å². The van der Waals surface area contributed by atoms with E-state index in [1.165, 1.54) is 24.3 Å². The normalized spacial score (nSPS) is 12.6. The van der Waals surface area contributed by atoms with Crippen LogP contribution in [0.1, 0.15) is 22.3 Å². The summed E-state index contributed by atoms with van der Waals surface area (Å²) in [7, 11) is 0. The van der Waals surface area contributed by atoms with Gasteiger partial charge in [-0.3, -0.25) is 10.1 Å². The molecule has 166 valence electrons. The topological polar surface area (TPSA) is 48.1 Å². The molecule has 0 aliphatic heterocycles. The lowest BCUT2D eigenvalue weighted by molar-refractivity contribution is -0.384. The van der Waals surface area contributed by atoms with Crippen molar-refractivity contribution in [1.29, 1.82) is 0 Å². The molecule has 0 saturated carbocycles. The Morgan fingerprint density at radius 3 is 1.50 bits per heavy atom. The Kier molecular flexibility index (Phi) is 4.72. The van der Waals surface area contributed by atoms with E-state index in [9.17, 15) is 36.5 Å². The third-order valence-electron chi connectivity index (χ3n) is 5.33. The second-order valence-electron chi connectivity index (χ2n) is 7.48. The highest BCUT2D eigenvalue weighted by Gasteiger charge is 2.33. The Labute approximate surface area is 176 Å². The van der Waals surface area contributed by atoms with Crippen LogP contribution in [0, 0.1) is 24.0 Å². The van der Waals surface area contributed by atoms with E-state index in [1.54, 1.807) is 18.4 Å². The zero-order valence-corrected chi connectivity index (χ0v) is 16.6. The first kappa shape index (κ1) is 21.7. The van der Waals surface area contributed by atoms with Gasteiger partial charge < -0.3 is 4.57 Å². The van der Waals surface area contributed by atoms with Crippen molar-refractivity contribution in [1.82, 2.24) is 4.57 Å². The Morgan fingerprint density at radius 1 is 0.750 bits per heavy atom. The molecule has 3 aromatic carbocycles. The highest BCUT2D eigenvalue weighted by Crippen LogP contribution is 2.41. The molecular formula is C22H14F6N2O2. The fourth-order valence-corrected chi connectivity index (χ4v) is 4.01. The highest BCUT2D eigenvalue weighted by molar-refractivity contribution is 6.10. The number of nitro benzene ring substituents is 1. The number of hydrogen-bond acceptors (Lipinski definition) is 2. The van der Waals surface area contributed by atoms with Crippen molar-refractivity contribution in [3.63, 3.8) is 0 Å². The molecule has 0 aliphatic carbocycles. The number of hydrogen-bond donors (Lipinski definition) is 0. The summed E-state index contributed by atoms with van der Waals surface area (Å²) in [5.74, 6) is 0. The third-order valence-corrected chi connectivity index (χ3v) is 5.33. The molecule has 0 saturated heterocycles. The van der Waals surface area contributed by atoms with Gasteiger partial charge >= 0.3 is 12.4 Å². The van der Waals surface area contributed by atoms with Gasteiger partial charge in [0.05, 0.1) is 32.8 Å². The summed E-state index contributed by atoms with van der Waals surface area (Å²) in [6.07, 6.45) is -9.35. The molecule has 0 amide bonds. The molecule has 32 heavy (non-hydrogen) atoms. The van der Waals surface area contributed by atoms with E-state index in [0.29, 0.717) is 16.8 Å². The van der Waals surface area contributed by atoms with E-state index < -0.39 is 28.4 Å². The lowest BCUT2D eigenvalue weighted by atomic mass is 10.1. The first-order chi connectivity index (χ1) is 14.8. The second-order valence-corrected chi connectivity index (χ2v) is 7.48. The minimum Gasteiger partial charge on any atom is -0.309 e. The summed E-state index contributed by atoms with van der Waals surface area (Å²) in [6.45, 7) is 3.20. The minimum absolute atomic E-state index is 0.00178. The summed E-state index contributed by atoms with van der Waals surface area (Å²) in [5.41, 5.74) is -0.263. The number of alkyl halides is 6. The molecule has 1 heterocycles. The van der Waals surface area contributed by atoms with Crippen LogP contribution in [0.2, 0.25) is 0 Å². The average molecular weight is 452 g/mol. The maximum Gasteiger partial charge on any atom is 0.416 e. The summed E-state index contributed by atoms with van der Waals surface area (Å²) in [4.78, 5) is 10.6. The summed E-state index contributed by atoms with van der Waals surface area (Å²) < 4.78 is 81.4. The summed E-state index contributed by atoms with van der Waals surface area (Å²) in [5, 5.41) is 11.2. The quantitative estimate of drug-likeness (QED) is 0.181. The van der Waals surface area contributed by atoms with Crippen LogP contribution in [0.25, 0.3) is 27.5 Å². The van der Waals surface area contributed by atoms with Gasteiger partial charge in [-0.15, -0.1) is 0 Å². The monoisotopic (exact) mass is 452 g/mol. The number of non-ortho nitro benzene ring substituents is 1. The lowest BCUT2D eigenvalue weighted by Crippen LogP contribution is -2.05. The molecule has 0 unspecified atom stereocenters. The van der Waals surface area contributed by atoms with Crippen molar-refractivity contribution in [2.45, 2.75) is 26.2 Å². The number of nitrogens with zero attached hydrogens (tertiary/aromatic N) is 2. The zero-order valence-electron chi connectivity index (χ0n) is 16.6. The molecule has 0 bridgehead atoms. The molecule has 4 nitrogen and oxygen atoms in total. The van der Waals surface area contributed by atoms with Crippen molar-refractivity contribution in [3.8, 4) is 5.69 Å². The zero-order chi connectivity index (χ0) is 23.6. The van der Waals surface area contributed by atoms with Crippen molar-refractivity contribution < 1.29 is 31.3 Å². The molecule has 0 fully saturated rings. The molecule has 0 aliphatic rings. The van der Waals surface area contributed by atoms with E-state index in [2.05, 4.69) is 0 Å². The smallest absolute Gasteiger partial charge is 0.309 e. The van der Waals surface area contributed by atoms with Gasteiger partial charge in [0.15, 0.2) is 0 Å². The van der Waals surface area contributed by atoms with E-state index >= 15 is 0 Å². The molecule has 0 atom stereocenters. The first-order valence-electron chi connectivity index (χ1n) is 9.27. The maximum atomic E-state index is 13.3. The van der Waals surface area contributed by atoms with E-state index in [1.807, 2.05) is 0 Å². The van der Waals surface area contributed by atoms with Crippen LogP contribution in [0.5, 0.6) is 0 Å². The summed E-state index contributed by atoms with van der Waals surface area (Å²) in [6, 6.07) is 8.39. The highest BCUT2D eigenvalue weighted by atomic mass is 19.4.